The summed E-state index contributed by atoms with van der Waals surface area (Å²) < 4.78 is 18.0. The summed E-state index contributed by atoms with van der Waals surface area (Å²) >= 11 is 0. The van der Waals surface area contributed by atoms with Crippen LogP contribution in [0.5, 0.6) is 11.5 Å². The summed E-state index contributed by atoms with van der Waals surface area (Å²) in [6.07, 6.45) is 0.908. The quantitative estimate of drug-likeness (QED) is 0.381. The predicted molar refractivity (Wildman–Crippen MR) is 123 cm³/mol. The number of ether oxygens (including phenoxy) is 2. The van der Waals surface area contributed by atoms with Crippen molar-refractivity contribution in [1.29, 1.82) is 0 Å². The highest BCUT2D eigenvalue weighted by atomic mass is 16.5. The molecule has 0 saturated carbocycles. The van der Waals surface area contributed by atoms with Gasteiger partial charge in [0.15, 0.2) is 5.43 Å². The third kappa shape index (κ3) is 4.42. The lowest BCUT2D eigenvalue weighted by Gasteiger charge is -2.24. The van der Waals surface area contributed by atoms with Crippen LogP contribution < -0.4 is 20.4 Å². The molecule has 4 N–H and O–H groups in total. The molecule has 0 spiro atoms. The minimum atomic E-state index is -1.08. The van der Waals surface area contributed by atoms with Crippen LogP contribution >= 0.6 is 0 Å². The molecular formula is C25H29NO7. The van der Waals surface area contributed by atoms with E-state index in [-0.39, 0.29) is 23.2 Å². The van der Waals surface area contributed by atoms with Crippen molar-refractivity contribution in [2.24, 2.45) is 0 Å². The van der Waals surface area contributed by atoms with Gasteiger partial charge in [0, 0.05) is 30.0 Å². The van der Waals surface area contributed by atoms with E-state index in [0.717, 1.165) is 17.5 Å². The Bertz CT molecular complexity index is 1210. The summed E-state index contributed by atoms with van der Waals surface area (Å²) in [7, 11) is 0. The molecular weight excluding hydrogens is 426 g/mol. The molecule has 0 fully saturated rings. The topological polar surface area (TPSA) is 121 Å². The molecule has 8 nitrogen and oxygen atoms in total. The summed E-state index contributed by atoms with van der Waals surface area (Å²) in [4.78, 5) is 13.7. The first-order chi connectivity index (χ1) is 15.8. The first-order valence-corrected chi connectivity index (χ1v) is 11.0. The lowest BCUT2D eigenvalue weighted by Crippen LogP contribution is -2.39. The maximum absolute atomic E-state index is 13.7. The van der Waals surface area contributed by atoms with Gasteiger partial charge in [0.25, 0.3) is 0 Å². The highest BCUT2D eigenvalue weighted by molar-refractivity contribution is 5.88. The third-order valence-electron chi connectivity index (χ3n) is 5.88. The molecule has 176 valence electrons. The fourth-order valence-electron chi connectivity index (χ4n) is 4.06. The van der Waals surface area contributed by atoms with E-state index < -0.39 is 18.3 Å². The van der Waals surface area contributed by atoms with Gasteiger partial charge in [-0.15, -0.1) is 0 Å². The number of rotatable bonds is 8. The standard InChI is InChI=1S/C25H29NO7/c1-4-9-31-24-17-11-21(25(2,3)29)33-18(17)12-19-22(24)23(28)16(20(13-27)32-19)10-14-5-7-15(26-30)8-6-14/h5-8,12,21,26-27,29-30H,4,9-11,13H2,1-3H3/t21-/m0/s1. The van der Waals surface area contributed by atoms with Crippen LogP contribution in [0.4, 0.5) is 5.69 Å². The Kier molecular flexibility index (Phi) is 6.34. The Hall–Kier alpha value is -3.07. The zero-order chi connectivity index (χ0) is 23.8. The Labute approximate surface area is 191 Å². The maximum Gasteiger partial charge on any atom is 0.200 e. The van der Waals surface area contributed by atoms with Gasteiger partial charge in [-0.2, -0.15) is 0 Å². The average molecular weight is 456 g/mol. The van der Waals surface area contributed by atoms with Gasteiger partial charge in [0.2, 0.25) is 0 Å². The Morgan fingerprint density at radius 2 is 1.97 bits per heavy atom. The normalized spacial score (nSPS) is 15.4. The SMILES string of the molecule is CCCOc1c2c(cc3oc(CO)c(Cc4ccc(NO)cc4)c(=O)c13)O[C@H](C(C)(C)O)C2. The zero-order valence-corrected chi connectivity index (χ0v) is 19.0. The summed E-state index contributed by atoms with van der Waals surface area (Å²) in [6.45, 7) is 5.30. The van der Waals surface area contributed by atoms with Gasteiger partial charge in [-0.1, -0.05) is 19.1 Å². The molecule has 0 radical (unpaired) electrons. The van der Waals surface area contributed by atoms with E-state index in [1.807, 2.05) is 6.92 Å². The number of fused-ring (bicyclic) bond motifs is 2. The van der Waals surface area contributed by atoms with Crippen LogP contribution in [-0.4, -0.2) is 33.7 Å². The largest absolute Gasteiger partial charge is 0.492 e. The average Bonchev–Trinajstić information content (AvgIpc) is 3.23. The van der Waals surface area contributed by atoms with Crippen LogP contribution in [0.25, 0.3) is 11.0 Å². The van der Waals surface area contributed by atoms with Crippen LogP contribution in [0.2, 0.25) is 0 Å². The van der Waals surface area contributed by atoms with Crippen molar-refractivity contribution < 1.29 is 29.3 Å². The van der Waals surface area contributed by atoms with Gasteiger partial charge >= 0.3 is 0 Å². The summed E-state index contributed by atoms with van der Waals surface area (Å²) in [5.41, 5.74) is 3.41. The third-order valence-corrected chi connectivity index (χ3v) is 5.88. The number of anilines is 1. The second-order valence-electron chi connectivity index (χ2n) is 8.84. The van der Waals surface area contributed by atoms with Crippen molar-refractivity contribution in [3.05, 3.63) is 63.0 Å². The molecule has 2 aromatic carbocycles. The van der Waals surface area contributed by atoms with Crippen molar-refractivity contribution >= 4 is 16.7 Å². The fraction of sp³-hybridized carbons (Fsp3) is 0.400. The molecule has 3 aromatic rings. The Morgan fingerprint density at radius 1 is 1.24 bits per heavy atom. The van der Waals surface area contributed by atoms with E-state index >= 15 is 0 Å². The molecule has 2 heterocycles. The molecule has 8 heteroatoms. The minimum absolute atomic E-state index is 0.176. The van der Waals surface area contributed by atoms with Crippen molar-refractivity contribution in [2.75, 3.05) is 12.1 Å². The molecule has 0 bridgehead atoms. The number of hydrogen-bond donors (Lipinski definition) is 4. The number of benzene rings is 2. The van der Waals surface area contributed by atoms with Crippen molar-refractivity contribution in [1.82, 2.24) is 0 Å². The summed E-state index contributed by atoms with van der Waals surface area (Å²) in [5.74, 6) is 1.10. The van der Waals surface area contributed by atoms with E-state index in [4.69, 9.17) is 19.1 Å². The van der Waals surface area contributed by atoms with Gasteiger partial charge in [0.1, 0.15) is 40.9 Å². The second-order valence-corrected chi connectivity index (χ2v) is 8.84. The zero-order valence-electron chi connectivity index (χ0n) is 19.0. The van der Waals surface area contributed by atoms with E-state index in [0.29, 0.717) is 41.2 Å². The van der Waals surface area contributed by atoms with Gasteiger partial charge in [-0.05, 0) is 38.0 Å². The first kappa shape index (κ1) is 23.1. The van der Waals surface area contributed by atoms with Gasteiger partial charge in [-0.25, -0.2) is 0 Å². The molecule has 1 aliphatic rings. The molecule has 0 amide bonds. The maximum atomic E-state index is 13.7. The monoisotopic (exact) mass is 455 g/mol. The van der Waals surface area contributed by atoms with E-state index in [9.17, 15) is 15.0 Å². The molecule has 0 saturated heterocycles. The summed E-state index contributed by atoms with van der Waals surface area (Å²) in [5, 5.41) is 29.7. The number of nitrogens with one attached hydrogen (secondary N) is 1. The second kappa shape index (κ2) is 9.05. The Balaban J connectivity index is 1.88. The molecule has 0 unspecified atom stereocenters. The molecule has 4 rings (SSSR count). The molecule has 1 atom stereocenters. The minimum Gasteiger partial charge on any atom is -0.492 e. The van der Waals surface area contributed by atoms with E-state index in [1.165, 1.54) is 0 Å². The highest BCUT2D eigenvalue weighted by Gasteiger charge is 2.38. The smallest absolute Gasteiger partial charge is 0.200 e. The fourth-order valence-corrected chi connectivity index (χ4v) is 4.06. The molecule has 0 aliphatic carbocycles. The molecule has 1 aliphatic heterocycles. The van der Waals surface area contributed by atoms with E-state index in [2.05, 4.69) is 5.48 Å². The van der Waals surface area contributed by atoms with Gasteiger partial charge < -0.3 is 24.1 Å². The number of aliphatic hydroxyl groups is 2. The van der Waals surface area contributed by atoms with Crippen molar-refractivity contribution in [2.45, 2.75) is 58.3 Å². The van der Waals surface area contributed by atoms with Gasteiger partial charge in [-0.3, -0.25) is 15.5 Å². The predicted octanol–water partition coefficient (Wildman–Crippen LogP) is 3.54. The molecule has 1 aromatic heterocycles. The highest BCUT2D eigenvalue weighted by Crippen LogP contribution is 2.43. The van der Waals surface area contributed by atoms with Crippen LogP contribution in [0, 0.1) is 0 Å². The van der Waals surface area contributed by atoms with Crippen molar-refractivity contribution in [3.8, 4) is 11.5 Å². The Morgan fingerprint density at radius 3 is 2.58 bits per heavy atom. The van der Waals surface area contributed by atoms with Crippen LogP contribution in [0.1, 0.15) is 49.6 Å². The van der Waals surface area contributed by atoms with E-state index in [1.54, 1.807) is 44.2 Å². The van der Waals surface area contributed by atoms with Crippen LogP contribution in [-0.2, 0) is 19.4 Å². The van der Waals surface area contributed by atoms with Crippen molar-refractivity contribution in [3.63, 3.8) is 0 Å². The lowest BCUT2D eigenvalue weighted by atomic mass is 9.95. The first-order valence-electron chi connectivity index (χ1n) is 11.0. The number of aliphatic hydroxyl groups excluding tert-OH is 1. The molecule has 33 heavy (non-hydrogen) atoms. The van der Waals surface area contributed by atoms with Gasteiger partial charge in [0.05, 0.1) is 17.9 Å². The number of hydrogen-bond acceptors (Lipinski definition) is 8. The van der Waals surface area contributed by atoms with Crippen LogP contribution in [0.15, 0.2) is 39.5 Å². The summed E-state index contributed by atoms with van der Waals surface area (Å²) in [6, 6.07) is 8.58. The van der Waals surface area contributed by atoms with Crippen LogP contribution in [0.3, 0.4) is 0 Å². The lowest BCUT2D eigenvalue weighted by molar-refractivity contribution is -0.0229.